The number of rotatable bonds is 6. The molecule has 2 aromatic rings. The molecule has 0 saturated carbocycles. The fourth-order valence-corrected chi connectivity index (χ4v) is 4.66. The first kappa shape index (κ1) is 19.8. The van der Waals surface area contributed by atoms with Gasteiger partial charge in [0.05, 0.1) is 11.5 Å². The number of benzene rings is 1. The summed E-state index contributed by atoms with van der Waals surface area (Å²) in [5, 5.41) is 10.6. The standard InChI is InChI=1S/C23H31N5S/c1-2-24-23(26-20-11-15-28(16-12-20)22-6-5-17-29-22)25-18-19-7-9-21(10-8-19)27-13-3-4-14-27/h3-10,17,20H,2,11-16,18H2,1H3,(H2,24,25,26). The first-order valence-electron chi connectivity index (χ1n) is 10.6. The highest BCUT2D eigenvalue weighted by molar-refractivity contribution is 7.14. The summed E-state index contributed by atoms with van der Waals surface area (Å²) in [6.45, 7) is 7.92. The fourth-order valence-electron chi connectivity index (χ4n) is 3.88. The van der Waals surface area contributed by atoms with Gasteiger partial charge in [-0.25, -0.2) is 4.99 Å². The lowest BCUT2D eigenvalue weighted by Crippen LogP contribution is -2.48. The van der Waals surface area contributed by atoms with E-state index in [1.165, 1.54) is 16.3 Å². The second-order valence-electron chi connectivity index (χ2n) is 7.59. The van der Waals surface area contributed by atoms with E-state index in [2.05, 4.69) is 81.3 Å². The van der Waals surface area contributed by atoms with Gasteiger partial charge in [0, 0.05) is 44.5 Å². The summed E-state index contributed by atoms with van der Waals surface area (Å²) in [5.74, 6) is 0.926. The Balaban J connectivity index is 1.29. The molecule has 0 spiro atoms. The van der Waals surface area contributed by atoms with Crippen LogP contribution in [0.25, 0.3) is 0 Å². The van der Waals surface area contributed by atoms with E-state index in [4.69, 9.17) is 4.99 Å². The minimum Gasteiger partial charge on any atom is -0.364 e. The number of aliphatic imine (C=N–C) groups is 1. The number of anilines is 2. The summed E-state index contributed by atoms with van der Waals surface area (Å²) in [6.07, 6.45) is 6.72. The predicted octanol–water partition coefficient (Wildman–Crippen LogP) is 3.85. The van der Waals surface area contributed by atoms with Gasteiger partial charge in [-0.05, 0) is 55.0 Å². The zero-order chi connectivity index (χ0) is 19.9. The van der Waals surface area contributed by atoms with Gasteiger partial charge in [0.15, 0.2) is 5.96 Å². The van der Waals surface area contributed by atoms with Crippen molar-refractivity contribution in [3.8, 4) is 0 Å². The number of nitrogens with one attached hydrogen (secondary N) is 2. The van der Waals surface area contributed by atoms with Crippen LogP contribution in [0, 0.1) is 0 Å². The van der Waals surface area contributed by atoms with Crippen LogP contribution < -0.4 is 20.4 Å². The molecule has 0 unspecified atom stereocenters. The molecule has 0 bridgehead atoms. The van der Waals surface area contributed by atoms with Crippen molar-refractivity contribution in [2.45, 2.75) is 32.4 Å². The maximum absolute atomic E-state index is 4.83. The van der Waals surface area contributed by atoms with E-state index in [1.54, 1.807) is 0 Å². The Hall–Kier alpha value is -2.47. The molecule has 3 heterocycles. The Labute approximate surface area is 178 Å². The summed E-state index contributed by atoms with van der Waals surface area (Å²) in [5.41, 5.74) is 2.52. The number of piperidine rings is 1. The summed E-state index contributed by atoms with van der Waals surface area (Å²) in [7, 11) is 0. The molecule has 0 amide bonds. The SMILES string of the molecule is CCNC(=NCc1ccc(N2CC=CC2)cc1)NC1CCN(c2cccs2)CC1. The monoisotopic (exact) mass is 409 g/mol. The zero-order valence-corrected chi connectivity index (χ0v) is 18.0. The molecular formula is C23H31N5S. The maximum atomic E-state index is 4.83. The third-order valence-electron chi connectivity index (χ3n) is 5.54. The number of nitrogens with zero attached hydrogens (tertiary/aromatic N) is 3. The van der Waals surface area contributed by atoms with Crippen LogP contribution in [0.3, 0.4) is 0 Å². The third-order valence-corrected chi connectivity index (χ3v) is 6.47. The molecule has 2 N–H and O–H groups in total. The van der Waals surface area contributed by atoms with Gasteiger partial charge in [-0.1, -0.05) is 24.3 Å². The van der Waals surface area contributed by atoms with E-state index < -0.39 is 0 Å². The average molecular weight is 410 g/mol. The Morgan fingerprint density at radius 3 is 2.48 bits per heavy atom. The molecule has 0 radical (unpaired) electrons. The van der Waals surface area contributed by atoms with Gasteiger partial charge in [0.1, 0.15) is 0 Å². The fraction of sp³-hybridized carbons (Fsp3) is 0.435. The van der Waals surface area contributed by atoms with Gasteiger partial charge in [0.2, 0.25) is 0 Å². The Morgan fingerprint density at radius 2 is 1.83 bits per heavy atom. The molecule has 4 rings (SSSR count). The van der Waals surface area contributed by atoms with Crippen molar-refractivity contribution in [3.63, 3.8) is 0 Å². The van der Waals surface area contributed by atoms with Crippen LogP contribution in [0.15, 0.2) is 58.9 Å². The van der Waals surface area contributed by atoms with Crippen LogP contribution in [0.5, 0.6) is 0 Å². The van der Waals surface area contributed by atoms with Crippen molar-refractivity contribution in [1.29, 1.82) is 0 Å². The highest BCUT2D eigenvalue weighted by Gasteiger charge is 2.20. The second-order valence-corrected chi connectivity index (χ2v) is 8.52. The van der Waals surface area contributed by atoms with Crippen molar-refractivity contribution in [3.05, 3.63) is 59.5 Å². The quantitative estimate of drug-likeness (QED) is 0.432. The van der Waals surface area contributed by atoms with Crippen LogP contribution in [-0.2, 0) is 6.54 Å². The molecule has 0 atom stereocenters. The van der Waals surface area contributed by atoms with Gasteiger partial charge in [-0.3, -0.25) is 0 Å². The number of guanidine groups is 1. The molecule has 1 aromatic heterocycles. The molecule has 2 aliphatic heterocycles. The Kier molecular flexibility index (Phi) is 6.72. The molecule has 154 valence electrons. The molecule has 6 heteroatoms. The normalized spacial score (nSPS) is 17.8. The number of hydrogen-bond donors (Lipinski definition) is 2. The van der Waals surface area contributed by atoms with E-state index in [0.717, 1.165) is 51.5 Å². The van der Waals surface area contributed by atoms with E-state index >= 15 is 0 Å². The van der Waals surface area contributed by atoms with Crippen LogP contribution in [0.4, 0.5) is 10.7 Å². The van der Waals surface area contributed by atoms with E-state index in [0.29, 0.717) is 12.6 Å². The van der Waals surface area contributed by atoms with Gasteiger partial charge in [0.25, 0.3) is 0 Å². The van der Waals surface area contributed by atoms with Crippen molar-refractivity contribution in [2.24, 2.45) is 4.99 Å². The van der Waals surface area contributed by atoms with Gasteiger partial charge < -0.3 is 20.4 Å². The molecule has 5 nitrogen and oxygen atoms in total. The smallest absolute Gasteiger partial charge is 0.191 e. The van der Waals surface area contributed by atoms with Crippen LogP contribution >= 0.6 is 11.3 Å². The van der Waals surface area contributed by atoms with Crippen LogP contribution in [-0.4, -0.2) is 44.7 Å². The minimum absolute atomic E-state index is 0.481. The average Bonchev–Trinajstić information content (AvgIpc) is 3.47. The summed E-state index contributed by atoms with van der Waals surface area (Å²) in [6, 6.07) is 13.6. The zero-order valence-electron chi connectivity index (χ0n) is 17.2. The molecule has 1 aromatic carbocycles. The van der Waals surface area contributed by atoms with Gasteiger partial charge >= 0.3 is 0 Å². The van der Waals surface area contributed by atoms with E-state index in [9.17, 15) is 0 Å². The lowest BCUT2D eigenvalue weighted by atomic mass is 10.1. The Morgan fingerprint density at radius 1 is 1.07 bits per heavy atom. The molecule has 29 heavy (non-hydrogen) atoms. The molecule has 1 fully saturated rings. The van der Waals surface area contributed by atoms with Crippen molar-refractivity contribution in [2.75, 3.05) is 42.5 Å². The summed E-state index contributed by atoms with van der Waals surface area (Å²) in [4.78, 5) is 9.68. The number of hydrogen-bond acceptors (Lipinski definition) is 4. The van der Waals surface area contributed by atoms with E-state index in [-0.39, 0.29) is 0 Å². The van der Waals surface area contributed by atoms with Crippen molar-refractivity contribution >= 4 is 28.0 Å². The third kappa shape index (κ3) is 5.32. The van der Waals surface area contributed by atoms with Gasteiger partial charge in [-0.2, -0.15) is 0 Å². The first-order valence-corrected chi connectivity index (χ1v) is 11.5. The first-order chi connectivity index (χ1) is 14.3. The molecule has 0 aliphatic carbocycles. The maximum Gasteiger partial charge on any atom is 0.191 e. The topological polar surface area (TPSA) is 42.9 Å². The lowest BCUT2D eigenvalue weighted by molar-refractivity contribution is 0.463. The van der Waals surface area contributed by atoms with Crippen LogP contribution in [0.1, 0.15) is 25.3 Å². The van der Waals surface area contributed by atoms with Crippen molar-refractivity contribution in [1.82, 2.24) is 10.6 Å². The van der Waals surface area contributed by atoms with E-state index in [1.807, 2.05) is 11.3 Å². The van der Waals surface area contributed by atoms with Crippen molar-refractivity contribution < 1.29 is 0 Å². The molecule has 1 saturated heterocycles. The lowest BCUT2D eigenvalue weighted by Gasteiger charge is -2.33. The van der Waals surface area contributed by atoms with Crippen LogP contribution in [0.2, 0.25) is 0 Å². The second kappa shape index (κ2) is 9.83. The number of thiophene rings is 1. The van der Waals surface area contributed by atoms with Gasteiger partial charge in [-0.15, -0.1) is 11.3 Å². The predicted molar refractivity (Wildman–Crippen MR) is 125 cm³/mol. The highest BCUT2D eigenvalue weighted by atomic mass is 32.1. The highest BCUT2D eigenvalue weighted by Crippen LogP contribution is 2.24. The molecular weight excluding hydrogens is 378 g/mol. The summed E-state index contributed by atoms with van der Waals surface area (Å²) < 4.78 is 0. The molecule has 2 aliphatic rings. The Bertz CT molecular complexity index is 796. The largest absolute Gasteiger partial charge is 0.364 e. The minimum atomic E-state index is 0.481. The summed E-state index contributed by atoms with van der Waals surface area (Å²) >= 11 is 1.83.